The van der Waals surface area contributed by atoms with Gasteiger partial charge in [-0.3, -0.25) is 0 Å². The highest BCUT2D eigenvalue weighted by molar-refractivity contribution is 6.26. The molecule has 1 heteroatoms. The molecule has 0 amide bonds. The van der Waals surface area contributed by atoms with Crippen LogP contribution in [0.25, 0.3) is 109 Å². The van der Waals surface area contributed by atoms with E-state index in [1.54, 1.807) is 0 Å². The Kier molecular flexibility index (Phi) is 5.90. The van der Waals surface area contributed by atoms with Gasteiger partial charge in [0.25, 0.3) is 0 Å². The average Bonchev–Trinajstić information content (AvgIpc) is 3.59. The Morgan fingerprint density at radius 2 is 1.00 bits per heavy atom. The topological polar surface area (TPSA) is 13.1 Å². The largest absolute Gasteiger partial charge is 0.455 e. The minimum Gasteiger partial charge on any atom is -0.455 e. The molecule has 0 saturated heterocycles. The van der Waals surface area contributed by atoms with Gasteiger partial charge in [0.15, 0.2) is 0 Å². The number of rotatable bonds is 2. The highest BCUT2D eigenvalue weighted by Crippen LogP contribution is 2.55. The molecule has 1 aliphatic rings. The van der Waals surface area contributed by atoms with Crippen LogP contribution in [-0.2, 0) is 5.41 Å². The van der Waals surface area contributed by atoms with Crippen LogP contribution in [0.2, 0.25) is 0 Å². The molecular weight excluding hydrogens is 653 g/mol. The van der Waals surface area contributed by atoms with E-state index in [9.17, 15) is 0 Å². The van der Waals surface area contributed by atoms with Gasteiger partial charge in [-0.2, -0.15) is 0 Å². The molecule has 252 valence electrons. The molecule has 0 radical (unpaired) electrons. The minimum atomic E-state index is -0.252. The number of hydrogen-bond donors (Lipinski definition) is 0. The molecule has 0 N–H and O–H groups in total. The molecule has 0 spiro atoms. The average molecular weight is 687 g/mol. The lowest BCUT2D eigenvalue weighted by atomic mass is 9.66. The second-order valence-corrected chi connectivity index (χ2v) is 15.6. The Morgan fingerprint density at radius 1 is 0.370 bits per heavy atom. The molecule has 0 saturated carbocycles. The Bertz CT molecular complexity index is 3410. The smallest absolute Gasteiger partial charge is 0.143 e. The van der Waals surface area contributed by atoms with Gasteiger partial charge < -0.3 is 4.42 Å². The summed E-state index contributed by atoms with van der Waals surface area (Å²) in [4.78, 5) is 0. The maximum Gasteiger partial charge on any atom is 0.143 e. The standard InChI is InChI=1S/C53H34O/c1-53(2)45-24-12-23-42-48(38-22-11-17-31-13-5-7-18-36(31)38)39-20-9-10-21-40(39)49(51(42)45)41-26-25-35(29-46(41)53)43-28-34-16-6-8-19-37(34)50-44-27-32-14-3-4-15-33(32)30-47(44)54-52(43)50/h3-30H,1-2H3. The number of hydrogen-bond acceptors (Lipinski definition) is 1. The van der Waals surface area contributed by atoms with Gasteiger partial charge >= 0.3 is 0 Å². The summed E-state index contributed by atoms with van der Waals surface area (Å²) in [6.07, 6.45) is 0. The third-order valence-electron chi connectivity index (χ3n) is 12.4. The molecular formula is C53H34O. The van der Waals surface area contributed by atoms with Crippen molar-refractivity contribution in [3.8, 4) is 33.4 Å². The third-order valence-corrected chi connectivity index (χ3v) is 12.4. The van der Waals surface area contributed by atoms with Crippen molar-refractivity contribution in [1.29, 1.82) is 0 Å². The number of benzene rings is 10. The van der Waals surface area contributed by atoms with Gasteiger partial charge in [-0.25, -0.2) is 0 Å². The van der Waals surface area contributed by atoms with Gasteiger partial charge in [0.1, 0.15) is 11.2 Å². The van der Waals surface area contributed by atoms with E-state index >= 15 is 0 Å². The van der Waals surface area contributed by atoms with Crippen LogP contribution in [0.4, 0.5) is 0 Å². The predicted octanol–water partition coefficient (Wildman–Crippen LogP) is 15.0. The molecule has 0 aliphatic heterocycles. The fourth-order valence-electron chi connectivity index (χ4n) is 9.88. The van der Waals surface area contributed by atoms with Crippen molar-refractivity contribution in [2.75, 3.05) is 0 Å². The highest BCUT2D eigenvalue weighted by atomic mass is 16.3. The fraction of sp³-hybridized carbons (Fsp3) is 0.0566. The van der Waals surface area contributed by atoms with Crippen molar-refractivity contribution < 1.29 is 4.42 Å². The summed E-state index contributed by atoms with van der Waals surface area (Å²) in [5.41, 5.74) is 11.9. The summed E-state index contributed by atoms with van der Waals surface area (Å²) in [6.45, 7) is 4.81. The molecule has 10 aromatic carbocycles. The summed E-state index contributed by atoms with van der Waals surface area (Å²) in [6, 6.07) is 62.9. The first kappa shape index (κ1) is 29.8. The fourth-order valence-corrected chi connectivity index (χ4v) is 9.88. The molecule has 0 unspecified atom stereocenters. The van der Waals surface area contributed by atoms with Crippen LogP contribution >= 0.6 is 0 Å². The normalized spacial score (nSPS) is 13.5. The summed E-state index contributed by atoms with van der Waals surface area (Å²) >= 11 is 0. The molecule has 0 bridgehead atoms. The Labute approximate surface area is 312 Å². The van der Waals surface area contributed by atoms with E-state index < -0.39 is 0 Å². The van der Waals surface area contributed by atoms with E-state index in [1.807, 2.05) is 0 Å². The molecule has 54 heavy (non-hydrogen) atoms. The quantitative estimate of drug-likeness (QED) is 0.165. The first-order valence-electron chi connectivity index (χ1n) is 18.9. The SMILES string of the molecule is CC1(C)c2cc(-c3cc4ccccc4c4c3oc3cc5ccccc5cc34)ccc2-c2c3ccccc3c(-c3cccc4ccccc34)c3cccc1c23. The summed E-state index contributed by atoms with van der Waals surface area (Å²) < 4.78 is 6.90. The van der Waals surface area contributed by atoms with Crippen molar-refractivity contribution in [3.05, 3.63) is 181 Å². The van der Waals surface area contributed by atoms with Crippen LogP contribution in [0.1, 0.15) is 25.0 Å². The number of furan rings is 1. The first-order chi connectivity index (χ1) is 26.5. The lowest BCUT2D eigenvalue weighted by molar-refractivity contribution is 0.645. The number of fused-ring (bicyclic) bond motifs is 11. The van der Waals surface area contributed by atoms with Crippen LogP contribution in [0.5, 0.6) is 0 Å². The van der Waals surface area contributed by atoms with Gasteiger partial charge in [0.05, 0.1) is 0 Å². The lowest BCUT2D eigenvalue weighted by Gasteiger charge is -2.37. The molecule has 11 aromatic rings. The highest BCUT2D eigenvalue weighted by Gasteiger charge is 2.36. The van der Waals surface area contributed by atoms with Crippen LogP contribution in [-0.4, -0.2) is 0 Å². The van der Waals surface area contributed by atoms with E-state index in [1.165, 1.54) is 98.2 Å². The van der Waals surface area contributed by atoms with Gasteiger partial charge in [-0.15, -0.1) is 0 Å². The second-order valence-electron chi connectivity index (χ2n) is 15.6. The summed E-state index contributed by atoms with van der Waals surface area (Å²) in [7, 11) is 0. The maximum atomic E-state index is 6.90. The first-order valence-corrected chi connectivity index (χ1v) is 18.9. The Hall–Kier alpha value is -6.70. The van der Waals surface area contributed by atoms with Gasteiger partial charge in [-0.1, -0.05) is 159 Å². The molecule has 1 nitrogen and oxygen atoms in total. The summed E-state index contributed by atoms with van der Waals surface area (Å²) in [5.74, 6) is 0. The van der Waals surface area contributed by atoms with Crippen molar-refractivity contribution in [2.45, 2.75) is 19.3 Å². The van der Waals surface area contributed by atoms with Crippen molar-refractivity contribution in [1.82, 2.24) is 0 Å². The third kappa shape index (κ3) is 3.94. The molecule has 1 heterocycles. The van der Waals surface area contributed by atoms with E-state index in [0.717, 1.165) is 22.1 Å². The van der Waals surface area contributed by atoms with E-state index in [4.69, 9.17) is 4.42 Å². The van der Waals surface area contributed by atoms with Crippen LogP contribution in [0, 0.1) is 0 Å². The zero-order chi connectivity index (χ0) is 35.7. The predicted molar refractivity (Wildman–Crippen MR) is 230 cm³/mol. The molecule has 0 fully saturated rings. The van der Waals surface area contributed by atoms with Crippen LogP contribution in [0.3, 0.4) is 0 Å². The van der Waals surface area contributed by atoms with Gasteiger partial charge in [-0.05, 0) is 117 Å². The Balaban J connectivity index is 1.16. The zero-order valence-corrected chi connectivity index (χ0v) is 30.1. The van der Waals surface area contributed by atoms with Crippen molar-refractivity contribution >= 4 is 75.8 Å². The summed E-state index contributed by atoms with van der Waals surface area (Å²) in [5, 5.41) is 15.0. The molecule has 1 aromatic heterocycles. The lowest BCUT2D eigenvalue weighted by Crippen LogP contribution is -2.24. The van der Waals surface area contributed by atoms with Gasteiger partial charge in [0.2, 0.25) is 0 Å². The van der Waals surface area contributed by atoms with Crippen molar-refractivity contribution in [3.63, 3.8) is 0 Å². The monoisotopic (exact) mass is 686 g/mol. The molecule has 0 atom stereocenters. The Morgan fingerprint density at radius 3 is 1.81 bits per heavy atom. The molecule has 1 aliphatic carbocycles. The maximum absolute atomic E-state index is 6.90. The zero-order valence-electron chi connectivity index (χ0n) is 30.1. The molecule has 12 rings (SSSR count). The van der Waals surface area contributed by atoms with Crippen molar-refractivity contribution in [2.24, 2.45) is 0 Å². The van der Waals surface area contributed by atoms with E-state index in [0.29, 0.717) is 0 Å². The van der Waals surface area contributed by atoms with E-state index in [-0.39, 0.29) is 5.41 Å². The minimum absolute atomic E-state index is 0.252. The van der Waals surface area contributed by atoms with Crippen LogP contribution < -0.4 is 0 Å². The second kappa shape index (κ2) is 10.7. The van der Waals surface area contributed by atoms with Crippen LogP contribution in [0.15, 0.2) is 174 Å². The van der Waals surface area contributed by atoms with E-state index in [2.05, 4.69) is 184 Å². The van der Waals surface area contributed by atoms with Gasteiger partial charge in [0, 0.05) is 21.8 Å².